The number of nitrogens with zero attached hydrogens (tertiary/aromatic N) is 2. The van der Waals surface area contributed by atoms with Gasteiger partial charge in [0.2, 0.25) is 0 Å². The van der Waals surface area contributed by atoms with Crippen molar-refractivity contribution in [2.75, 3.05) is 0 Å². The minimum atomic E-state index is -5.08. The maximum Gasteiger partial charge on any atom is 0.436 e. The zero-order chi connectivity index (χ0) is 20.2. The Labute approximate surface area is 153 Å². The lowest BCUT2D eigenvalue weighted by Crippen LogP contribution is -2.62. The summed E-state index contributed by atoms with van der Waals surface area (Å²) in [6, 6.07) is 3.59. The van der Waals surface area contributed by atoms with Gasteiger partial charge in [-0.15, -0.1) is 0 Å². The molecule has 2 aliphatic rings. The summed E-state index contributed by atoms with van der Waals surface area (Å²) in [5.41, 5.74) is -4.21. The lowest BCUT2D eigenvalue weighted by Gasteiger charge is -2.41. The summed E-state index contributed by atoms with van der Waals surface area (Å²) in [6.07, 6.45) is -9.16. The van der Waals surface area contributed by atoms with Crippen LogP contribution >= 0.6 is 11.6 Å². The first-order valence-corrected chi connectivity index (χ1v) is 7.74. The highest BCUT2D eigenvalue weighted by molar-refractivity contribution is 6.44. The van der Waals surface area contributed by atoms with Crippen molar-refractivity contribution in [3.63, 3.8) is 0 Å². The van der Waals surface area contributed by atoms with Gasteiger partial charge < -0.3 is 5.32 Å². The predicted octanol–water partition coefficient (Wildman–Crippen LogP) is 4.72. The second-order valence-corrected chi connectivity index (χ2v) is 6.29. The standard InChI is InChI=1S/C16H10ClF6N3O/c1-8-2-4-9(5-3-8)14(16(21,22)23)24-12-11(17)6-10(15(18,19)20)7-26(12)13(27)25-14/h2-7H,1H3,(H,25,27). The zero-order valence-electron chi connectivity index (χ0n) is 13.4. The zero-order valence-corrected chi connectivity index (χ0v) is 14.2. The largest absolute Gasteiger partial charge is 0.436 e. The molecule has 0 spiro atoms. The molecule has 1 unspecified atom stereocenters. The number of amidine groups is 1. The van der Waals surface area contributed by atoms with Gasteiger partial charge in [0.1, 0.15) is 0 Å². The lowest BCUT2D eigenvalue weighted by atomic mass is 9.96. The molecule has 2 heterocycles. The molecule has 1 aromatic carbocycles. The average molecular weight is 410 g/mol. The van der Waals surface area contributed by atoms with Crippen molar-refractivity contribution in [3.05, 3.63) is 58.3 Å². The number of hydrogen-bond donors (Lipinski definition) is 1. The van der Waals surface area contributed by atoms with Gasteiger partial charge >= 0.3 is 18.4 Å². The molecule has 0 aromatic heterocycles. The van der Waals surface area contributed by atoms with Crippen LogP contribution in [0, 0.1) is 6.92 Å². The van der Waals surface area contributed by atoms with E-state index in [0.29, 0.717) is 22.7 Å². The van der Waals surface area contributed by atoms with E-state index in [0.717, 1.165) is 12.1 Å². The van der Waals surface area contributed by atoms with Crippen molar-refractivity contribution in [1.82, 2.24) is 10.2 Å². The van der Waals surface area contributed by atoms with E-state index in [2.05, 4.69) is 4.99 Å². The molecule has 27 heavy (non-hydrogen) atoms. The van der Waals surface area contributed by atoms with Crippen LogP contribution in [0.3, 0.4) is 0 Å². The Morgan fingerprint density at radius 3 is 2.22 bits per heavy atom. The van der Waals surface area contributed by atoms with Gasteiger partial charge in [-0.25, -0.2) is 9.79 Å². The van der Waals surface area contributed by atoms with Crippen molar-refractivity contribution >= 4 is 23.5 Å². The quantitative estimate of drug-likeness (QED) is 0.670. The molecule has 2 aliphatic heterocycles. The first-order chi connectivity index (χ1) is 12.3. The summed E-state index contributed by atoms with van der Waals surface area (Å²) in [5.74, 6) is -0.730. The van der Waals surface area contributed by atoms with Gasteiger partial charge in [-0.3, -0.25) is 4.90 Å². The summed E-state index contributed by atoms with van der Waals surface area (Å²) < 4.78 is 80.4. The number of halogens is 7. The van der Waals surface area contributed by atoms with Crippen molar-refractivity contribution in [3.8, 4) is 0 Å². The molecule has 3 rings (SSSR count). The Morgan fingerprint density at radius 1 is 1.11 bits per heavy atom. The summed E-state index contributed by atoms with van der Waals surface area (Å²) in [6.45, 7) is 1.65. The van der Waals surface area contributed by atoms with E-state index in [-0.39, 0.29) is 0 Å². The van der Waals surface area contributed by atoms with Gasteiger partial charge in [0.25, 0.3) is 5.66 Å². The molecule has 1 aromatic rings. The summed E-state index contributed by atoms with van der Waals surface area (Å²) >= 11 is 5.75. The number of urea groups is 1. The average Bonchev–Trinajstić information content (AvgIpc) is 2.54. The molecule has 4 nitrogen and oxygen atoms in total. The number of nitrogens with one attached hydrogen (secondary N) is 1. The van der Waals surface area contributed by atoms with Crippen LogP contribution in [0.25, 0.3) is 0 Å². The number of amides is 2. The third-order valence-corrected chi connectivity index (χ3v) is 4.26. The number of carbonyl (C=O) groups is 1. The maximum atomic E-state index is 13.9. The Bertz CT molecular complexity index is 885. The number of rotatable bonds is 1. The minimum Gasteiger partial charge on any atom is -0.301 e. The molecule has 144 valence electrons. The Hall–Kier alpha value is -2.49. The number of hydrogen-bond acceptors (Lipinski definition) is 2. The number of fused-ring (bicyclic) bond motifs is 1. The van der Waals surface area contributed by atoms with Crippen LogP contribution in [-0.4, -0.2) is 29.1 Å². The van der Waals surface area contributed by atoms with Crippen molar-refractivity contribution < 1.29 is 31.1 Å². The smallest absolute Gasteiger partial charge is 0.301 e. The third-order valence-electron chi connectivity index (χ3n) is 3.98. The number of aliphatic imine (C=N–C) groups is 1. The van der Waals surface area contributed by atoms with E-state index < -0.39 is 46.1 Å². The monoisotopic (exact) mass is 409 g/mol. The predicted molar refractivity (Wildman–Crippen MR) is 84.8 cm³/mol. The second kappa shape index (κ2) is 6.01. The summed E-state index contributed by atoms with van der Waals surface area (Å²) in [7, 11) is 0. The van der Waals surface area contributed by atoms with Crippen molar-refractivity contribution in [2.45, 2.75) is 24.9 Å². The number of allylic oxidation sites excluding steroid dienone is 2. The number of alkyl halides is 6. The van der Waals surface area contributed by atoms with E-state index in [1.165, 1.54) is 12.1 Å². The van der Waals surface area contributed by atoms with E-state index in [4.69, 9.17) is 11.6 Å². The van der Waals surface area contributed by atoms with Crippen LogP contribution in [0.2, 0.25) is 0 Å². The van der Waals surface area contributed by atoms with Gasteiger partial charge in [0.15, 0.2) is 5.84 Å². The number of benzene rings is 1. The van der Waals surface area contributed by atoms with E-state index in [1.807, 2.05) is 0 Å². The van der Waals surface area contributed by atoms with Gasteiger partial charge in [-0.1, -0.05) is 41.4 Å². The molecule has 0 radical (unpaired) electrons. The SMILES string of the molecule is Cc1ccc(C2(C(F)(F)F)N=C3C(Cl)=CC(C(F)(F)F)=CN3C(=O)N2)cc1. The molecule has 0 saturated heterocycles. The summed E-state index contributed by atoms with van der Waals surface area (Å²) in [5, 5.41) is 0.938. The Balaban J connectivity index is 2.20. The molecule has 0 saturated carbocycles. The Morgan fingerprint density at radius 2 is 1.70 bits per heavy atom. The van der Waals surface area contributed by atoms with Gasteiger partial charge in [-0.2, -0.15) is 26.3 Å². The van der Waals surface area contributed by atoms with Crippen LogP contribution in [0.15, 0.2) is 52.1 Å². The van der Waals surface area contributed by atoms with Crippen LogP contribution in [0.1, 0.15) is 11.1 Å². The normalized spacial score (nSPS) is 23.2. The summed E-state index contributed by atoms with van der Waals surface area (Å²) in [4.78, 5) is 16.1. The molecule has 1 N–H and O–H groups in total. The van der Waals surface area contributed by atoms with Crippen molar-refractivity contribution in [2.24, 2.45) is 4.99 Å². The van der Waals surface area contributed by atoms with Gasteiger partial charge in [0.05, 0.1) is 10.6 Å². The van der Waals surface area contributed by atoms with E-state index in [9.17, 15) is 31.1 Å². The molecular formula is C16H10ClF6N3O. The van der Waals surface area contributed by atoms with Crippen LogP contribution in [-0.2, 0) is 5.66 Å². The fraction of sp³-hybridized carbons (Fsp3) is 0.250. The van der Waals surface area contributed by atoms with Crippen LogP contribution in [0.5, 0.6) is 0 Å². The first kappa shape index (κ1) is 19.3. The second-order valence-electron chi connectivity index (χ2n) is 5.88. The third kappa shape index (κ3) is 3.18. The molecule has 0 bridgehead atoms. The van der Waals surface area contributed by atoms with Crippen LogP contribution in [0.4, 0.5) is 31.1 Å². The number of carbonyl (C=O) groups excluding carboxylic acids is 1. The highest BCUT2D eigenvalue weighted by Crippen LogP contribution is 2.44. The molecule has 0 fully saturated rings. The topological polar surface area (TPSA) is 44.7 Å². The lowest BCUT2D eigenvalue weighted by molar-refractivity contribution is -0.196. The van der Waals surface area contributed by atoms with E-state index in [1.54, 1.807) is 12.2 Å². The van der Waals surface area contributed by atoms with Crippen molar-refractivity contribution in [1.29, 1.82) is 0 Å². The fourth-order valence-corrected chi connectivity index (χ4v) is 2.85. The molecule has 11 heteroatoms. The fourth-order valence-electron chi connectivity index (χ4n) is 2.60. The van der Waals surface area contributed by atoms with Crippen LogP contribution < -0.4 is 5.32 Å². The van der Waals surface area contributed by atoms with Gasteiger partial charge in [0, 0.05) is 11.8 Å². The molecular weight excluding hydrogens is 400 g/mol. The maximum absolute atomic E-state index is 13.9. The highest BCUT2D eigenvalue weighted by atomic mass is 35.5. The Kier molecular flexibility index (Phi) is 4.29. The number of aryl methyl sites for hydroxylation is 1. The highest BCUT2D eigenvalue weighted by Gasteiger charge is 2.61. The first-order valence-electron chi connectivity index (χ1n) is 7.37. The van der Waals surface area contributed by atoms with Gasteiger partial charge in [-0.05, 0) is 13.0 Å². The van der Waals surface area contributed by atoms with E-state index >= 15 is 0 Å². The molecule has 1 atom stereocenters. The molecule has 2 amide bonds. The molecule has 0 aliphatic carbocycles. The minimum absolute atomic E-state index is 0.309.